The first-order valence-corrected chi connectivity index (χ1v) is 11.8. The second kappa shape index (κ2) is 8.21. The number of piperidine rings is 1. The zero-order chi connectivity index (χ0) is 19.6. The third-order valence-electron chi connectivity index (χ3n) is 4.83. The molecular weight excluding hydrogens is 414 g/mol. The van der Waals surface area contributed by atoms with E-state index in [1.165, 1.54) is 0 Å². The second-order valence-electron chi connectivity index (χ2n) is 6.73. The van der Waals surface area contributed by atoms with Crippen molar-refractivity contribution in [3.63, 3.8) is 0 Å². The maximum absolute atomic E-state index is 12.8. The van der Waals surface area contributed by atoms with Crippen LogP contribution in [0.2, 0.25) is 5.02 Å². The number of benzene rings is 2. The molecule has 1 aliphatic rings. The number of rotatable bonds is 5. The van der Waals surface area contributed by atoms with Crippen molar-refractivity contribution < 1.29 is 8.42 Å². The van der Waals surface area contributed by atoms with Gasteiger partial charge in [-0.2, -0.15) is 0 Å². The Hall–Kier alpha value is -1.93. The number of sulfonamides is 1. The van der Waals surface area contributed by atoms with Gasteiger partial charge in [0.15, 0.2) is 5.13 Å². The van der Waals surface area contributed by atoms with Crippen LogP contribution in [0.25, 0.3) is 11.1 Å². The Kier molecular flexibility index (Phi) is 5.68. The quantitative estimate of drug-likeness (QED) is 0.647. The average Bonchev–Trinajstić information content (AvgIpc) is 3.23. The van der Waals surface area contributed by atoms with E-state index >= 15 is 0 Å². The molecule has 0 radical (unpaired) electrons. The predicted octanol–water partition coefficient (Wildman–Crippen LogP) is 4.41. The Morgan fingerprint density at radius 3 is 2.46 bits per heavy atom. The van der Waals surface area contributed by atoms with Crippen LogP contribution in [0.4, 0.5) is 5.13 Å². The number of nitrogens with one attached hydrogen (secondary N) is 1. The number of nitrogens with zero attached hydrogens (tertiary/aromatic N) is 2. The molecule has 0 unspecified atom stereocenters. The Balaban J connectivity index is 1.41. The van der Waals surface area contributed by atoms with Gasteiger partial charge in [-0.15, -0.1) is 11.3 Å². The van der Waals surface area contributed by atoms with Crippen LogP contribution >= 0.6 is 22.9 Å². The lowest BCUT2D eigenvalue weighted by molar-refractivity contribution is 0.460. The lowest BCUT2D eigenvalue weighted by Gasteiger charge is -2.31. The fourth-order valence-corrected chi connectivity index (χ4v) is 5.53. The smallest absolute Gasteiger partial charge is 0.240 e. The first-order chi connectivity index (χ1) is 13.5. The number of thiazole rings is 1. The summed E-state index contributed by atoms with van der Waals surface area (Å²) < 4.78 is 28.4. The largest absolute Gasteiger partial charge is 0.348 e. The molecule has 28 heavy (non-hydrogen) atoms. The summed E-state index contributed by atoms with van der Waals surface area (Å²) in [6.07, 6.45) is 3.32. The van der Waals surface area contributed by atoms with Gasteiger partial charge >= 0.3 is 0 Å². The van der Waals surface area contributed by atoms with Crippen molar-refractivity contribution in [3.05, 3.63) is 65.1 Å². The molecule has 0 amide bonds. The molecule has 2 aromatic carbocycles. The van der Waals surface area contributed by atoms with Crippen LogP contribution in [0.3, 0.4) is 0 Å². The Labute approximate surface area is 174 Å². The minimum absolute atomic E-state index is 0.0613. The standard InChI is InChI=1S/C20H20ClN3O2S2/c21-17-3-1-2-16(14-17)15-4-6-19(7-5-15)28(25,26)23-18-8-11-24(12-9-18)20-22-10-13-27-20/h1-7,10,13-14,18,23H,8-9,11-12H2. The van der Waals surface area contributed by atoms with E-state index in [9.17, 15) is 8.42 Å². The van der Waals surface area contributed by atoms with E-state index in [1.807, 2.05) is 41.8 Å². The average molecular weight is 434 g/mol. The second-order valence-corrected chi connectivity index (χ2v) is 9.76. The molecule has 1 aromatic heterocycles. The molecule has 0 atom stereocenters. The Morgan fingerprint density at radius 2 is 1.82 bits per heavy atom. The highest BCUT2D eigenvalue weighted by molar-refractivity contribution is 7.89. The maximum atomic E-state index is 12.8. The van der Waals surface area contributed by atoms with Crippen molar-refractivity contribution in [3.8, 4) is 11.1 Å². The molecule has 146 valence electrons. The predicted molar refractivity (Wildman–Crippen MR) is 115 cm³/mol. The van der Waals surface area contributed by atoms with Crippen molar-refractivity contribution in [1.29, 1.82) is 0 Å². The van der Waals surface area contributed by atoms with Gasteiger partial charge in [-0.25, -0.2) is 18.1 Å². The van der Waals surface area contributed by atoms with Crippen LogP contribution < -0.4 is 9.62 Å². The van der Waals surface area contributed by atoms with Gasteiger partial charge in [0.2, 0.25) is 10.0 Å². The third-order valence-corrected chi connectivity index (χ3v) is 7.43. The van der Waals surface area contributed by atoms with Crippen LogP contribution in [0.5, 0.6) is 0 Å². The molecule has 0 bridgehead atoms. The minimum Gasteiger partial charge on any atom is -0.348 e. The van der Waals surface area contributed by atoms with Crippen LogP contribution in [-0.2, 0) is 10.0 Å². The summed E-state index contributed by atoms with van der Waals surface area (Å²) in [5.41, 5.74) is 1.89. The van der Waals surface area contributed by atoms with Gasteiger partial charge in [0.1, 0.15) is 0 Å². The molecular formula is C20H20ClN3O2S2. The molecule has 0 aliphatic carbocycles. The first-order valence-electron chi connectivity index (χ1n) is 9.04. The topological polar surface area (TPSA) is 62.3 Å². The monoisotopic (exact) mass is 433 g/mol. The van der Waals surface area contributed by atoms with Crippen molar-refractivity contribution >= 4 is 38.1 Å². The van der Waals surface area contributed by atoms with E-state index in [0.717, 1.165) is 42.2 Å². The molecule has 5 nitrogen and oxygen atoms in total. The number of hydrogen-bond acceptors (Lipinski definition) is 5. The molecule has 0 spiro atoms. The number of halogens is 1. The van der Waals surface area contributed by atoms with Gasteiger partial charge in [0.25, 0.3) is 0 Å². The Morgan fingerprint density at radius 1 is 1.07 bits per heavy atom. The highest BCUT2D eigenvalue weighted by Crippen LogP contribution is 2.25. The summed E-state index contributed by atoms with van der Waals surface area (Å²) in [6, 6.07) is 14.3. The van der Waals surface area contributed by atoms with Crippen molar-refractivity contribution in [2.45, 2.75) is 23.8 Å². The van der Waals surface area contributed by atoms with Gasteiger partial charge < -0.3 is 4.90 Å². The van der Waals surface area contributed by atoms with Crippen LogP contribution in [0, 0.1) is 0 Å². The van der Waals surface area contributed by atoms with E-state index < -0.39 is 10.0 Å². The zero-order valence-corrected chi connectivity index (χ0v) is 17.5. The molecule has 1 aliphatic heterocycles. The summed E-state index contributed by atoms with van der Waals surface area (Å²) in [5.74, 6) is 0. The fraction of sp³-hybridized carbons (Fsp3) is 0.250. The highest BCUT2D eigenvalue weighted by atomic mass is 35.5. The zero-order valence-electron chi connectivity index (χ0n) is 15.1. The molecule has 4 rings (SSSR count). The van der Waals surface area contributed by atoms with Crippen molar-refractivity contribution in [2.75, 3.05) is 18.0 Å². The number of hydrogen-bond donors (Lipinski definition) is 1. The van der Waals surface area contributed by atoms with Crippen molar-refractivity contribution in [2.24, 2.45) is 0 Å². The van der Waals surface area contributed by atoms with E-state index in [2.05, 4.69) is 14.6 Å². The van der Waals surface area contributed by atoms with Gasteiger partial charge in [-0.3, -0.25) is 0 Å². The van der Waals surface area contributed by atoms with Crippen LogP contribution in [0.1, 0.15) is 12.8 Å². The third kappa shape index (κ3) is 4.38. The van der Waals surface area contributed by atoms with Crippen LogP contribution in [0.15, 0.2) is 65.0 Å². The normalized spacial score (nSPS) is 15.7. The number of aromatic nitrogens is 1. The molecule has 1 fully saturated rings. The molecule has 2 heterocycles. The fourth-order valence-electron chi connectivity index (χ4n) is 3.34. The van der Waals surface area contributed by atoms with Gasteiger partial charge in [0.05, 0.1) is 4.90 Å². The van der Waals surface area contributed by atoms with Crippen molar-refractivity contribution in [1.82, 2.24) is 9.71 Å². The summed E-state index contributed by atoms with van der Waals surface area (Å²) in [5, 5.41) is 3.61. The Bertz CT molecular complexity index is 1030. The van der Waals surface area contributed by atoms with Gasteiger partial charge in [-0.05, 0) is 48.2 Å². The van der Waals surface area contributed by atoms with E-state index in [0.29, 0.717) is 5.02 Å². The lowest BCUT2D eigenvalue weighted by atomic mass is 10.1. The summed E-state index contributed by atoms with van der Waals surface area (Å²) in [6.45, 7) is 1.60. The van der Waals surface area contributed by atoms with Gasteiger partial charge in [-0.1, -0.05) is 35.9 Å². The number of anilines is 1. The van der Waals surface area contributed by atoms with E-state index in [1.54, 1.807) is 29.7 Å². The van der Waals surface area contributed by atoms with E-state index in [-0.39, 0.29) is 10.9 Å². The molecule has 8 heteroatoms. The summed E-state index contributed by atoms with van der Waals surface area (Å²) >= 11 is 7.65. The molecule has 3 aromatic rings. The SMILES string of the molecule is O=S(=O)(NC1CCN(c2nccs2)CC1)c1ccc(-c2cccc(Cl)c2)cc1. The van der Waals surface area contributed by atoms with Gasteiger partial charge in [0, 0.05) is 35.7 Å². The molecule has 1 N–H and O–H groups in total. The van der Waals surface area contributed by atoms with Crippen LogP contribution in [-0.4, -0.2) is 32.5 Å². The molecule has 1 saturated heterocycles. The van der Waals surface area contributed by atoms with E-state index in [4.69, 9.17) is 11.6 Å². The highest BCUT2D eigenvalue weighted by Gasteiger charge is 2.25. The minimum atomic E-state index is -3.55. The first kappa shape index (κ1) is 19.4. The summed E-state index contributed by atoms with van der Waals surface area (Å²) in [7, 11) is -3.55. The lowest BCUT2D eigenvalue weighted by Crippen LogP contribution is -2.44. The molecule has 0 saturated carbocycles. The maximum Gasteiger partial charge on any atom is 0.240 e. The summed E-state index contributed by atoms with van der Waals surface area (Å²) in [4.78, 5) is 6.81.